The summed E-state index contributed by atoms with van der Waals surface area (Å²) in [6.45, 7) is 2.73. The number of halogens is 1. The predicted octanol–water partition coefficient (Wildman–Crippen LogP) is 5.40. The van der Waals surface area contributed by atoms with Gasteiger partial charge in [-0.25, -0.2) is 13.9 Å². The van der Waals surface area contributed by atoms with Gasteiger partial charge < -0.3 is 19.5 Å². The van der Waals surface area contributed by atoms with E-state index >= 15 is 4.39 Å². The summed E-state index contributed by atoms with van der Waals surface area (Å²) in [4.78, 5) is 21.7. The van der Waals surface area contributed by atoms with Gasteiger partial charge in [0.15, 0.2) is 5.82 Å². The van der Waals surface area contributed by atoms with Crippen LogP contribution in [0.4, 0.5) is 9.18 Å². The first-order valence-electron chi connectivity index (χ1n) is 13.6. The number of rotatable bonds is 7. The fourth-order valence-corrected chi connectivity index (χ4v) is 5.79. The molecule has 1 N–H and O–H groups in total. The maximum absolute atomic E-state index is 15.2. The first-order chi connectivity index (χ1) is 19.4. The molecule has 1 saturated carbocycles. The lowest BCUT2D eigenvalue weighted by atomic mass is 9.80. The number of likely N-dealkylation sites (tertiary alicyclic amines) is 1. The second-order valence-corrected chi connectivity index (χ2v) is 10.7. The number of hydrogen-bond acceptors (Lipinski definition) is 6. The number of aromatic nitrogens is 4. The van der Waals surface area contributed by atoms with Crippen LogP contribution in [-0.4, -0.2) is 68.3 Å². The number of amides is 1. The molecule has 0 bridgehead atoms. The Morgan fingerprint density at radius 1 is 1.15 bits per heavy atom. The van der Waals surface area contributed by atoms with Gasteiger partial charge in [-0.3, -0.25) is 0 Å². The van der Waals surface area contributed by atoms with E-state index in [1.807, 2.05) is 43.3 Å². The number of hydrogen-bond donors (Lipinski definition) is 1. The van der Waals surface area contributed by atoms with Crippen LogP contribution >= 0.6 is 0 Å². The molecular formula is C30H32FN5O4. The second-order valence-electron chi connectivity index (χ2n) is 10.7. The van der Waals surface area contributed by atoms with Gasteiger partial charge in [-0.1, -0.05) is 30.3 Å². The molecule has 0 radical (unpaired) electrons. The molecule has 2 aromatic carbocycles. The smallest absolute Gasteiger partial charge is 0.407 e. The minimum atomic E-state index is -1.28. The average molecular weight is 546 g/mol. The molecule has 1 saturated heterocycles. The van der Waals surface area contributed by atoms with Crippen LogP contribution in [0.5, 0.6) is 6.01 Å². The van der Waals surface area contributed by atoms with Crippen LogP contribution < -0.4 is 4.74 Å². The van der Waals surface area contributed by atoms with Crippen molar-refractivity contribution in [2.45, 2.75) is 56.9 Å². The number of alkyl halides is 1. The van der Waals surface area contributed by atoms with Gasteiger partial charge in [0.1, 0.15) is 6.17 Å². The van der Waals surface area contributed by atoms with Crippen LogP contribution in [0.3, 0.4) is 0 Å². The van der Waals surface area contributed by atoms with Crippen LogP contribution in [0.2, 0.25) is 0 Å². The molecule has 208 valence electrons. The largest absolute Gasteiger partial charge is 0.467 e. The number of benzene rings is 2. The SMILES string of the molecule is COc1nc(C2CC(OCc3ccccc3)C2)cc(-n2ncc3cc(C)c(C4CCN(C(=O)O)CC4F)cc32)n1. The van der Waals surface area contributed by atoms with E-state index in [4.69, 9.17) is 9.47 Å². The maximum atomic E-state index is 15.2. The van der Waals surface area contributed by atoms with Crippen molar-refractivity contribution in [3.05, 3.63) is 77.1 Å². The van der Waals surface area contributed by atoms with Crippen molar-refractivity contribution in [1.29, 1.82) is 0 Å². The molecule has 2 atom stereocenters. The highest BCUT2D eigenvalue weighted by Gasteiger charge is 2.35. The van der Waals surface area contributed by atoms with E-state index in [2.05, 4.69) is 27.2 Å². The minimum absolute atomic E-state index is 0.124. The van der Waals surface area contributed by atoms with E-state index in [0.29, 0.717) is 25.4 Å². The van der Waals surface area contributed by atoms with Crippen molar-refractivity contribution < 1.29 is 23.8 Å². The van der Waals surface area contributed by atoms with Gasteiger partial charge in [-0.15, -0.1) is 0 Å². The molecule has 9 nitrogen and oxygen atoms in total. The van der Waals surface area contributed by atoms with Crippen LogP contribution in [-0.2, 0) is 11.3 Å². The summed E-state index contributed by atoms with van der Waals surface area (Å²) < 4.78 is 28.4. The van der Waals surface area contributed by atoms with Gasteiger partial charge in [-0.05, 0) is 55.0 Å². The highest BCUT2D eigenvalue weighted by atomic mass is 19.1. The molecule has 3 heterocycles. The number of carboxylic acid groups (broad SMARTS) is 1. The number of fused-ring (bicyclic) bond motifs is 1. The Hall–Kier alpha value is -4.05. The molecule has 6 rings (SSSR count). The zero-order valence-electron chi connectivity index (χ0n) is 22.5. The normalized spacial score (nSPS) is 22.7. The standard InChI is InChI=1S/C30H32FN5O4/c1-18-10-21-15-32-36(27(21)13-24(18)23-8-9-35(30(37)38)16-25(23)31)28-14-26(33-29(34-28)39-2)20-11-22(12-20)40-17-19-6-4-3-5-7-19/h3-7,10,13-15,20,22-23,25H,8-9,11-12,16-17H2,1-2H3,(H,37,38). The Kier molecular flexibility index (Phi) is 7.10. The lowest BCUT2D eigenvalue weighted by molar-refractivity contribution is -0.0215. The van der Waals surface area contributed by atoms with Gasteiger partial charge in [-0.2, -0.15) is 15.1 Å². The molecule has 1 amide bonds. The number of methoxy groups -OCH3 is 1. The van der Waals surface area contributed by atoms with Gasteiger partial charge >= 0.3 is 12.1 Å². The quantitative estimate of drug-likeness (QED) is 0.332. The van der Waals surface area contributed by atoms with E-state index in [-0.39, 0.29) is 30.5 Å². The van der Waals surface area contributed by atoms with E-state index in [9.17, 15) is 9.90 Å². The van der Waals surface area contributed by atoms with Crippen molar-refractivity contribution >= 4 is 17.0 Å². The first-order valence-corrected chi connectivity index (χ1v) is 13.6. The highest BCUT2D eigenvalue weighted by molar-refractivity contribution is 5.82. The molecule has 2 unspecified atom stereocenters. The van der Waals surface area contributed by atoms with E-state index in [1.165, 1.54) is 0 Å². The molecule has 1 aliphatic heterocycles. The summed E-state index contributed by atoms with van der Waals surface area (Å²) in [5, 5.41) is 14.8. The van der Waals surface area contributed by atoms with E-state index in [1.54, 1.807) is 18.0 Å². The van der Waals surface area contributed by atoms with Crippen LogP contribution in [0.15, 0.2) is 54.7 Å². The van der Waals surface area contributed by atoms with Crippen LogP contribution in [0.25, 0.3) is 16.7 Å². The van der Waals surface area contributed by atoms with Crippen LogP contribution in [0.1, 0.15) is 53.5 Å². The van der Waals surface area contributed by atoms with Gasteiger partial charge in [0.2, 0.25) is 0 Å². The molecular weight excluding hydrogens is 513 g/mol. The summed E-state index contributed by atoms with van der Waals surface area (Å²) in [5.74, 6) is 0.419. The van der Waals surface area contributed by atoms with Gasteiger partial charge in [0, 0.05) is 29.8 Å². The lowest BCUT2D eigenvalue weighted by Crippen LogP contribution is -2.43. The van der Waals surface area contributed by atoms with Gasteiger partial charge in [0.25, 0.3) is 0 Å². The van der Waals surface area contributed by atoms with E-state index < -0.39 is 12.3 Å². The summed E-state index contributed by atoms with van der Waals surface area (Å²) in [5.41, 5.74) is 4.66. The summed E-state index contributed by atoms with van der Waals surface area (Å²) in [6, 6.07) is 16.3. The Labute approximate surface area is 231 Å². The molecule has 40 heavy (non-hydrogen) atoms. The molecule has 4 aromatic rings. The monoisotopic (exact) mass is 545 g/mol. The summed E-state index contributed by atoms with van der Waals surface area (Å²) in [6.07, 6.45) is 1.74. The third-order valence-corrected chi connectivity index (χ3v) is 8.12. The second kappa shape index (κ2) is 10.8. The molecule has 2 aliphatic rings. The Bertz CT molecular complexity index is 1520. The van der Waals surface area contributed by atoms with E-state index in [0.717, 1.165) is 51.0 Å². The number of carbonyl (C=O) groups is 1. The average Bonchev–Trinajstić information content (AvgIpc) is 3.34. The third kappa shape index (κ3) is 5.11. The number of aryl methyl sites for hydroxylation is 1. The topological polar surface area (TPSA) is 103 Å². The summed E-state index contributed by atoms with van der Waals surface area (Å²) in [7, 11) is 1.54. The molecule has 1 aliphatic carbocycles. The van der Waals surface area contributed by atoms with Gasteiger partial charge in [0.05, 0.1) is 43.8 Å². The molecule has 0 spiro atoms. The number of piperidine rings is 1. The predicted molar refractivity (Wildman–Crippen MR) is 147 cm³/mol. The fraction of sp³-hybridized carbons (Fsp3) is 0.400. The van der Waals surface area contributed by atoms with Crippen molar-refractivity contribution in [2.24, 2.45) is 0 Å². The molecule has 10 heteroatoms. The van der Waals surface area contributed by atoms with Crippen molar-refractivity contribution in [3.63, 3.8) is 0 Å². The summed E-state index contributed by atoms with van der Waals surface area (Å²) >= 11 is 0. The number of nitrogens with zero attached hydrogens (tertiary/aromatic N) is 5. The zero-order chi connectivity index (χ0) is 27.8. The number of ether oxygens (including phenoxy) is 2. The Morgan fingerprint density at radius 2 is 1.95 bits per heavy atom. The Balaban J connectivity index is 1.24. The van der Waals surface area contributed by atoms with Crippen molar-refractivity contribution in [2.75, 3.05) is 20.2 Å². The van der Waals surface area contributed by atoms with Crippen molar-refractivity contribution in [1.82, 2.24) is 24.6 Å². The zero-order valence-corrected chi connectivity index (χ0v) is 22.5. The Morgan fingerprint density at radius 3 is 2.67 bits per heavy atom. The first kappa shape index (κ1) is 26.2. The minimum Gasteiger partial charge on any atom is -0.467 e. The third-order valence-electron chi connectivity index (χ3n) is 8.12. The fourth-order valence-electron chi connectivity index (χ4n) is 5.79. The lowest BCUT2D eigenvalue weighted by Gasteiger charge is -2.35. The highest BCUT2D eigenvalue weighted by Crippen LogP contribution is 2.40. The maximum Gasteiger partial charge on any atom is 0.407 e. The van der Waals surface area contributed by atoms with Crippen LogP contribution in [0, 0.1) is 6.92 Å². The molecule has 2 aromatic heterocycles. The molecule has 2 fully saturated rings. The van der Waals surface area contributed by atoms with Crippen molar-refractivity contribution in [3.8, 4) is 11.8 Å².